The SMILES string of the molecule is CC(C)N(CC[C@H](C)c1cc(CCOc2cccc(CCNC[C@H](O[S+](C)C(C)(C)C)c3ccc(OCc4ccccc4)c(CO)c3)c2)ccc1OCc1ccccc1)C(C)C. The minimum atomic E-state index is -0.300. The van der Waals surface area contributed by atoms with Gasteiger partial charge in [0.15, 0.2) is 10.9 Å². The largest absolute Gasteiger partial charge is 0.493 e. The van der Waals surface area contributed by atoms with Gasteiger partial charge in [-0.2, -0.15) is 4.18 Å². The molecule has 2 N–H and O–H groups in total. The summed E-state index contributed by atoms with van der Waals surface area (Å²) in [5.41, 5.74) is 7.76. The zero-order valence-electron chi connectivity index (χ0n) is 38.9. The molecule has 0 aliphatic carbocycles. The number of ether oxygens (including phenoxy) is 3. The first-order chi connectivity index (χ1) is 29.8. The number of hydrogen-bond acceptors (Lipinski definition) is 7. The van der Waals surface area contributed by atoms with E-state index in [0.29, 0.717) is 50.1 Å². The molecule has 0 spiro atoms. The number of hydrogen-bond donors (Lipinski definition) is 2. The normalized spacial score (nSPS) is 13.4. The zero-order chi connectivity index (χ0) is 44.5. The third kappa shape index (κ3) is 15.5. The smallest absolute Gasteiger partial charge is 0.152 e. The second-order valence-electron chi connectivity index (χ2n) is 17.9. The van der Waals surface area contributed by atoms with E-state index in [-0.39, 0.29) is 28.6 Å². The zero-order valence-corrected chi connectivity index (χ0v) is 39.7. The molecule has 7 nitrogen and oxygen atoms in total. The maximum absolute atomic E-state index is 10.3. The third-order valence-electron chi connectivity index (χ3n) is 11.5. The topological polar surface area (TPSA) is 72.4 Å². The van der Waals surface area contributed by atoms with Gasteiger partial charge in [0.25, 0.3) is 0 Å². The van der Waals surface area contributed by atoms with E-state index in [1.54, 1.807) is 0 Å². The monoisotopic (exact) mass is 862 g/mol. The molecule has 334 valence electrons. The summed E-state index contributed by atoms with van der Waals surface area (Å²) in [6, 6.07) is 42.7. The van der Waals surface area contributed by atoms with Gasteiger partial charge in [-0.25, -0.2) is 0 Å². The number of aliphatic hydroxyl groups excluding tert-OH is 1. The Morgan fingerprint density at radius 3 is 1.90 bits per heavy atom. The molecule has 8 heteroatoms. The van der Waals surface area contributed by atoms with Crippen LogP contribution in [0.4, 0.5) is 0 Å². The van der Waals surface area contributed by atoms with Gasteiger partial charge >= 0.3 is 0 Å². The summed E-state index contributed by atoms with van der Waals surface area (Å²) in [6.45, 7) is 22.1. The Balaban J connectivity index is 1.17. The summed E-state index contributed by atoms with van der Waals surface area (Å²) < 4.78 is 25.7. The lowest BCUT2D eigenvalue weighted by Crippen LogP contribution is -2.38. The van der Waals surface area contributed by atoms with Crippen molar-refractivity contribution in [2.45, 2.75) is 123 Å². The van der Waals surface area contributed by atoms with Gasteiger partial charge in [-0.15, -0.1) is 0 Å². The van der Waals surface area contributed by atoms with Crippen LogP contribution in [0.25, 0.3) is 0 Å². The molecule has 1 unspecified atom stereocenters. The average molecular weight is 862 g/mol. The maximum atomic E-state index is 10.3. The van der Waals surface area contributed by atoms with Gasteiger partial charge in [-0.1, -0.05) is 97.9 Å². The summed E-state index contributed by atoms with van der Waals surface area (Å²) in [5.74, 6) is 2.88. The Morgan fingerprint density at radius 2 is 1.27 bits per heavy atom. The van der Waals surface area contributed by atoms with Crippen LogP contribution < -0.4 is 19.5 Å². The molecule has 5 rings (SSSR count). The lowest BCUT2D eigenvalue weighted by atomic mass is 9.93. The van der Waals surface area contributed by atoms with E-state index in [9.17, 15) is 5.11 Å². The van der Waals surface area contributed by atoms with E-state index in [1.165, 1.54) is 22.3 Å². The summed E-state index contributed by atoms with van der Waals surface area (Å²) in [5, 5.41) is 14.0. The number of rotatable bonds is 25. The van der Waals surface area contributed by atoms with Crippen LogP contribution in [-0.2, 0) is 48.0 Å². The van der Waals surface area contributed by atoms with Crippen molar-refractivity contribution in [2.24, 2.45) is 0 Å². The first kappa shape index (κ1) is 48.7. The van der Waals surface area contributed by atoms with Gasteiger partial charge in [-0.05, 0) is 144 Å². The molecule has 0 aromatic heterocycles. The van der Waals surface area contributed by atoms with E-state index in [2.05, 4.69) is 139 Å². The van der Waals surface area contributed by atoms with Crippen LogP contribution in [0.3, 0.4) is 0 Å². The van der Waals surface area contributed by atoms with Crippen molar-refractivity contribution < 1.29 is 23.5 Å². The summed E-state index contributed by atoms with van der Waals surface area (Å²) in [4.78, 5) is 2.57. The lowest BCUT2D eigenvalue weighted by Gasteiger charge is -2.31. The molecule has 0 saturated heterocycles. The highest BCUT2D eigenvalue weighted by Crippen LogP contribution is 2.33. The second-order valence-corrected chi connectivity index (χ2v) is 20.2. The van der Waals surface area contributed by atoms with Crippen molar-refractivity contribution in [2.75, 3.05) is 32.5 Å². The molecule has 0 fully saturated rings. The fourth-order valence-electron chi connectivity index (χ4n) is 7.48. The van der Waals surface area contributed by atoms with Crippen molar-refractivity contribution in [1.82, 2.24) is 10.2 Å². The standard InChI is InChI=1S/C54H73N2O5S/c1-40(2)56(41(3)4)31-28-42(5)50-34-44(23-25-52(50)60-39-46-19-14-11-15-20-46)29-32-58-49-22-16-21-43(33-49)27-30-55-36-53(61-62(9)54(6,7)8)47-24-26-51(48(35-47)37-57)59-38-45-17-12-10-13-18-45/h10-26,33-35,40-42,53,55,57H,27-32,36-39H2,1-9H3/q+1/t42-,53-,62?/m0/s1. The van der Waals surface area contributed by atoms with Gasteiger partial charge in [0.2, 0.25) is 0 Å². The van der Waals surface area contributed by atoms with Crippen molar-refractivity contribution in [3.63, 3.8) is 0 Å². The van der Waals surface area contributed by atoms with E-state index < -0.39 is 0 Å². The Hall–Kier alpha value is -4.31. The van der Waals surface area contributed by atoms with E-state index >= 15 is 0 Å². The molecule has 0 amide bonds. The van der Waals surface area contributed by atoms with Crippen LogP contribution >= 0.6 is 0 Å². The van der Waals surface area contributed by atoms with Crippen molar-refractivity contribution in [3.05, 3.63) is 160 Å². The molecular formula is C54H73N2O5S+. The first-order valence-corrected chi connectivity index (χ1v) is 24.1. The van der Waals surface area contributed by atoms with Gasteiger partial charge in [0.1, 0.15) is 47.9 Å². The quantitative estimate of drug-likeness (QED) is 0.0447. The second kappa shape index (κ2) is 24.5. The third-order valence-corrected chi connectivity index (χ3v) is 13.7. The number of nitrogens with one attached hydrogen (secondary N) is 1. The van der Waals surface area contributed by atoms with Crippen LogP contribution in [0, 0.1) is 0 Å². The summed E-state index contributed by atoms with van der Waals surface area (Å²) in [6.07, 6.45) is 4.70. The highest BCUT2D eigenvalue weighted by molar-refractivity contribution is 7.93. The van der Waals surface area contributed by atoms with Crippen LogP contribution in [-0.4, -0.2) is 59.3 Å². The minimum Gasteiger partial charge on any atom is -0.493 e. The van der Waals surface area contributed by atoms with Crippen LogP contribution in [0.2, 0.25) is 0 Å². The molecular weight excluding hydrogens is 789 g/mol. The predicted molar refractivity (Wildman–Crippen MR) is 259 cm³/mol. The molecule has 0 aliphatic rings. The molecule has 3 atom stereocenters. The van der Waals surface area contributed by atoms with Crippen LogP contribution in [0.5, 0.6) is 17.2 Å². The average Bonchev–Trinajstić information content (AvgIpc) is 3.26. The molecule has 5 aromatic rings. The van der Waals surface area contributed by atoms with Crippen molar-refractivity contribution in [3.8, 4) is 17.2 Å². The van der Waals surface area contributed by atoms with Gasteiger partial charge < -0.3 is 24.6 Å². The maximum Gasteiger partial charge on any atom is 0.152 e. The summed E-state index contributed by atoms with van der Waals surface area (Å²) in [7, 11) is 0. The molecule has 5 aromatic carbocycles. The van der Waals surface area contributed by atoms with Gasteiger partial charge in [0.05, 0.1) is 13.2 Å². The fourth-order valence-corrected chi connectivity index (χ4v) is 8.30. The van der Waals surface area contributed by atoms with Gasteiger partial charge in [0, 0.05) is 30.6 Å². The number of benzene rings is 5. The van der Waals surface area contributed by atoms with E-state index in [0.717, 1.165) is 60.5 Å². The first-order valence-electron chi connectivity index (χ1n) is 22.5. The number of nitrogens with zero attached hydrogens (tertiary/aromatic N) is 1. The molecule has 0 heterocycles. The molecule has 0 aliphatic heterocycles. The highest BCUT2D eigenvalue weighted by Gasteiger charge is 2.35. The fraction of sp³-hybridized carbons (Fsp3) is 0.444. The predicted octanol–water partition coefficient (Wildman–Crippen LogP) is 11.4. The van der Waals surface area contributed by atoms with Crippen LogP contribution in [0.15, 0.2) is 121 Å². The van der Waals surface area contributed by atoms with Crippen molar-refractivity contribution >= 4 is 11.2 Å². The molecule has 0 saturated carbocycles. The highest BCUT2D eigenvalue weighted by atomic mass is 32.2. The van der Waals surface area contributed by atoms with E-state index in [1.807, 2.05) is 54.6 Å². The van der Waals surface area contributed by atoms with Crippen LogP contribution in [0.1, 0.15) is 113 Å². The Kier molecular flexibility index (Phi) is 19.3. The number of aliphatic hydroxyl groups is 1. The lowest BCUT2D eigenvalue weighted by molar-refractivity contribution is 0.169. The Bertz CT molecular complexity index is 2040. The molecule has 0 bridgehead atoms. The minimum absolute atomic E-state index is 0.00131. The van der Waals surface area contributed by atoms with Crippen molar-refractivity contribution in [1.29, 1.82) is 0 Å². The Morgan fingerprint density at radius 1 is 0.661 bits per heavy atom. The van der Waals surface area contributed by atoms with Gasteiger partial charge in [-0.3, -0.25) is 4.90 Å². The molecule has 62 heavy (non-hydrogen) atoms. The summed E-state index contributed by atoms with van der Waals surface area (Å²) >= 11 is -0.300. The Labute approximate surface area is 376 Å². The van der Waals surface area contributed by atoms with E-state index in [4.69, 9.17) is 18.4 Å². The molecule has 0 radical (unpaired) electrons.